The molecule has 1 fully saturated rings. The fraction of sp³-hybridized carbons (Fsp3) is 0.417. The number of methoxy groups -OCH3 is 1. The lowest BCUT2D eigenvalue weighted by Gasteiger charge is -2.24. The predicted octanol–water partition coefficient (Wildman–Crippen LogP) is 0.743. The molecule has 1 saturated heterocycles. The number of nitrogens with two attached hydrogens (primary N) is 1. The van der Waals surface area contributed by atoms with Gasteiger partial charge in [-0.15, -0.1) is 0 Å². The number of hydrogen-bond acceptors (Lipinski definition) is 4. The lowest BCUT2D eigenvalue weighted by Crippen LogP contribution is -2.29. The Morgan fingerprint density at radius 3 is 2.94 bits per heavy atom. The molecule has 1 amide bonds. The van der Waals surface area contributed by atoms with E-state index in [0.29, 0.717) is 37.4 Å². The first-order chi connectivity index (χ1) is 8.61. The maximum absolute atomic E-state index is 13.5. The zero-order valence-electron chi connectivity index (χ0n) is 10.2. The Morgan fingerprint density at radius 2 is 2.22 bits per heavy atom. The van der Waals surface area contributed by atoms with E-state index < -0.39 is 5.82 Å². The zero-order valence-corrected chi connectivity index (χ0v) is 10.2. The van der Waals surface area contributed by atoms with Gasteiger partial charge in [0.2, 0.25) is 5.91 Å². The lowest BCUT2D eigenvalue weighted by atomic mass is 10.2. The first-order valence-corrected chi connectivity index (χ1v) is 5.76. The van der Waals surface area contributed by atoms with Gasteiger partial charge in [0, 0.05) is 38.2 Å². The Hall–Kier alpha value is -1.98. The summed E-state index contributed by atoms with van der Waals surface area (Å²) in [4.78, 5) is 13.2. The van der Waals surface area contributed by atoms with Crippen LogP contribution in [-0.2, 0) is 4.79 Å². The van der Waals surface area contributed by atoms with Crippen LogP contribution in [0.25, 0.3) is 0 Å². The van der Waals surface area contributed by atoms with Gasteiger partial charge in [0.25, 0.3) is 0 Å². The molecule has 1 aromatic carbocycles. The minimum Gasteiger partial charge on any atom is -0.494 e. The Bertz CT molecular complexity index is 465. The Kier molecular flexibility index (Phi) is 3.55. The van der Waals surface area contributed by atoms with Crippen LogP contribution in [0.1, 0.15) is 6.42 Å². The molecule has 2 rings (SSSR count). The first kappa shape index (κ1) is 12.5. The van der Waals surface area contributed by atoms with Gasteiger partial charge < -0.3 is 20.7 Å². The average Bonchev–Trinajstić information content (AvgIpc) is 2.54. The van der Waals surface area contributed by atoms with Crippen LogP contribution in [0.2, 0.25) is 0 Å². The van der Waals surface area contributed by atoms with Gasteiger partial charge in [-0.1, -0.05) is 0 Å². The third-order valence-electron chi connectivity index (χ3n) is 2.95. The third-order valence-corrected chi connectivity index (χ3v) is 2.95. The highest BCUT2D eigenvalue weighted by Crippen LogP contribution is 2.31. The summed E-state index contributed by atoms with van der Waals surface area (Å²) in [7, 11) is 1.41. The molecule has 0 aromatic heterocycles. The Balaban J connectivity index is 2.29. The van der Waals surface area contributed by atoms with Crippen molar-refractivity contribution in [3.8, 4) is 5.75 Å². The standard InChI is InChI=1S/C12H16FN3O2/c1-18-11-7-10(9(14)6-8(11)13)16-4-2-12(17)15-3-5-16/h6-7H,2-5,14H2,1H3,(H,15,17). The van der Waals surface area contributed by atoms with Gasteiger partial charge in [-0.2, -0.15) is 0 Å². The van der Waals surface area contributed by atoms with E-state index in [2.05, 4.69) is 5.32 Å². The molecule has 1 aliphatic rings. The van der Waals surface area contributed by atoms with E-state index in [-0.39, 0.29) is 11.7 Å². The number of carbonyl (C=O) groups excluding carboxylic acids is 1. The van der Waals surface area contributed by atoms with Crippen molar-refractivity contribution in [1.29, 1.82) is 0 Å². The molecule has 0 unspecified atom stereocenters. The number of rotatable bonds is 2. The number of anilines is 2. The number of nitrogen functional groups attached to an aromatic ring is 1. The third kappa shape index (κ3) is 2.47. The van der Waals surface area contributed by atoms with Crippen LogP contribution in [0.5, 0.6) is 5.75 Å². The van der Waals surface area contributed by atoms with Crippen LogP contribution in [0.4, 0.5) is 15.8 Å². The van der Waals surface area contributed by atoms with Crippen LogP contribution < -0.4 is 20.7 Å². The summed E-state index contributed by atoms with van der Waals surface area (Å²) in [6.45, 7) is 1.76. The number of hydrogen-bond donors (Lipinski definition) is 2. The van der Waals surface area contributed by atoms with E-state index in [1.165, 1.54) is 13.2 Å². The van der Waals surface area contributed by atoms with Crippen molar-refractivity contribution in [2.75, 3.05) is 37.4 Å². The highest BCUT2D eigenvalue weighted by Gasteiger charge is 2.18. The molecule has 1 aliphatic heterocycles. The van der Waals surface area contributed by atoms with Crippen molar-refractivity contribution in [1.82, 2.24) is 5.32 Å². The van der Waals surface area contributed by atoms with E-state index in [9.17, 15) is 9.18 Å². The van der Waals surface area contributed by atoms with Crippen molar-refractivity contribution in [3.63, 3.8) is 0 Å². The van der Waals surface area contributed by atoms with Gasteiger partial charge in [0.1, 0.15) is 0 Å². The minimum absolute atomic E-state index is 0.0187. The summed E-state index contributed by atoms with van der Waals surface area (Å²) >= 11 is 0. The molecule has 1 heterocycles. The maximum atomic E-state index is 13.5. The molecule has 0 spiro atoms. The van der Waals surface area contributed by atoms with Crippen molar-refractivity contribution < 1.29 is 13.9 Å². The summed E-state index contributed by atoms with van der Waals surface area (Å²) in [6, 6.07) is 2.81. The van der Waals surface area contributed by atoms with Gasteiger partial charge in [0.15, 0.2) is 11.6 Å². The number of benzene rings is 1. The quantitative estimate of drug-likeness (QED) is 0.763. The molecule has 0 aliphatic carbocycles. The maximum Gasteiger partial charge on any atom is 0.221 e. The van der Waals surface area contributed by atoms with E-state index in [1.807, 2.05) is 4.90 Å². The minimum atomic E-state index is -0.484. The molecule has 98 valence electrons. The fourth-order valence-electron chi connectivity index (χ4n) is 2.00. The molecule has 18 heavy (non-hydrogen) atoms. The van der Waals surface area contributed by atoms with Crippen LogP contribution in [0.15, 0.2) is 12.1 Å². The zero-order chi connectivity index (χ0) is 13.1. The van der Waals surface area contributed by atoms with Crippen LogP contribution >= 0.6 is 0 Å². The molecule has 0 atom stereocenters. The molecule has 0 bridgehead atoms. The Morgan fingerprint density at radius 1 is 1.44 bits per heavy atom. The van der Waals surface area contributed by atoms with E-state index in [1.54, 1.807) is 6.07 Å². The summed E-state index contributed by atoms with van der Waals surface area (Å²) in [5.41, 5.74) is 6.87. The van der Waals surface area contributed by atoms with Crippen molar-refractivity contribution in [2.24, 2.45) is 0 Å². The van der Waals surface area contributed by atoms with Gasteiger partial charge in [0.05, 0.1) is 18.5 Å². The highest BCUT2D eigenvalue weighted by molar-refractivity contribution is 5.78. The number of nitrogens with one attached hydrogen (secondary N) is 1. The molecular weight excluding hydrogens is 237 g/mol. The molecule has 0 radical (unpaired) electrons. The second-order valence-corrected chi connectivity index (χ2v) is 4.13. The first-order valence-electron chi connectivity index (χ1n) is 5.76. The second-order valence-electron chi connectivity index (χ2n) is 4.13. The van der Waals surface area contributed by atoms with Crippen LogP contribution in [0, 0.1) is 5.82 Å². The van der Waals surface area contributed by atoms with Crippen molar-refractivity contribution >= 4 is 17.3 Å². The predicted molar refractivity (Wildman–Crippen MR) is 67.2 cm³/mol. The van der Waals surface area contributed by atoms with Crippen molar-refractivity contribution in [3.05, 3.63) is 17.9 Å². The monoisotopic (exact) mass is 253 g/mol. The number of amides is 1. The fourth-order valence-corrected chi connectivity index (χ4v) is 2.00. The molecule has 0 saturated carbocycles. The van der Waals surface area contributed by atoms with Gasteiger partial charge in [-0.25, -0.2) is 4.39 Å². The largest absolute Gasteiger partial charge is 0.494 e. The number of nitrogens with zero attached hydrogens (tertiary/aromatic N) is 1. The summed E-state index contributed by atoms with van der Waals surface area (Å²) < 4.78 is 18.4. The molecule has 5 nitrogen and oxygen atoms in total. The number of carbonyl (C=O) groups is 1. The summed E-state index contributed by atoms with van der Waals surface area (Å²) in [5.74, 6) is -0.310. The highest BCUT2D eigenvalue weighted by atomic mass is 19.1. The second kappa shape index (κ2) is 5.12. The van der Waals surface area contributed by atoms with E-state index in [4.69, 9.17) is 10.5 Å². The normalized spacial score (nSPS) is 16.1. The Labute approximate surface area is 105 Å². The van der Waals surface area contributed by atoms with Crippen molar-refractivity contribution in [2.45, 2.75) is 6.42 Å². The van der Waals surface area contributed by atoms with E-state index >= 15 is 0 Å². The van der Waals surface area contributed by atoms with Crippen LogP contribution in [-0.4, -0.2) is 32.7 Å². The van der Waals surface area contributed by atoms with Gasteiger partial charge in [-0.3, -0.25) is 4.79 Å². The summed E-state index contributed by atoms with van der Waals surface area (Å²) in [6.07, 6.45) is 0.402. The smallest absolute Gasteiger partial charge is 0.221 e. The topological polar surface area (TPSA) is 67.6 Å². The number of halogens is 1. The molecular formula is C12H16FN3O2. The van der Waals surface area contributed by atoms with Gasteiger partial charge >= 0.3 is 0 Å². The lowest BCUT2D eigenvalue weighted by molar-refractivity contribution is -0.120. The number of ether oxygens (including phenoxy) is 1. The molecule has 3 N–H and O–H groups in total. The average molecular weight is 253 g/mol. The SMILES string of the molecule is COc1cc(N2CCNC(=O)CC2)c(N)cc1F. The van der Waals surface area contributed by atoms with E-state index in [0.717, 1.165) is 0 Å². The molecule has 6 heteroatoms. The summed E-state index contributed by atoms with van der Waals surface area (Å²) in [5, 5.41) is 2.78. The van der Waals surface area contributed by atoms with Gasteiger partial charge in [-0.05, 0) is 0 Å². The van der Waals surface area contributed by atoms with Crippen LogP contribution in [0.3, 0.4) is 0 Å². The molecule has 1 aromatic rings.